The number of hydrogen-bond acceptors (Lipinski definition) is 3. The first kappa shape index (κ1) is 15.2. The first-order valence-electron chi connectivity index (χ1n) is 6.00. The maximum absolute atomic E-state index is 12.1. The molecule has 0 spiro atoms. The molecule has 0 radical (unpaired) electrons. The van der Waals surface area contributed by atoms with Crippen LogP contribution in [0, 0.1) is 11.8 Å². The lowest BCUT2D eigenvalue weighted by molar-refractivity contribution is 0.0820. The number of methoxy groups -OCH3 is 1. The Kier molecular flexibility index (Phi) is 5.56. The molecule has 102 valence electrons. The highest BCUT2D eigenvalue weighted by atomic mass is 16.5. The third-order valence-corrected chi connectivity index (χ3v) is 2.39. The number of amides is 1. The number of benzene rings is 1. The van der Waals surface area contributed by atoms with E-state index in [9.17, 15) is 4.79 Å². The maximum atomic E-state index is 12.1. The molecule has 1 aromatic carbocycles. The van der Waals surface area contributed by atoms with Crippen molar-refractivity contribution in [2.45, 2.75) is 19.4 Å². The van der Waals surface area contributed by atoms with E-state index >= 15 is 0 Å². The molecule has 0 aromatic heterocycles. The molecule has 0 aliphatic heterocycles. The third-order valence-electron chi connectivity index (χ3n) is 2.39. The van der Waals surface area contributed by atoms with Crippen molar-refractivity contribution >= 4 is 5.91 Å². The molecule has 0 bridgehead atoms. The summed E-state index contributed by atoms with van der Waals surface area (Å²) in [5, 5.41) is 11.5. The van der Waals surface area contributed by atoms with Gasteiger partial charge in [-0.2, -0.15) is 0 Å². The van der Waals surface area contributed by atoms with Gasteiger partial charge in [-0.1, -0.05) is 17.9 Å². The predicted octanol–water partition coefficient (Wildman–Crippen LogP) is 1.19. The molecule has 2 N–H and O–H groups in total. The molecule has 0 fully saturated rings. The topological polar surface area (TPSA) is 58.6 Å². The van der Waals surface area contributed by atoms with Crippen LogP contribution in [-0.2, 0) is 4.74 Å². The Labute approximate surface area is 113 Å². The molecule has 1 amide bonds. The monoisotopic (exact) mass is 261 g/mol. The fraction of sp³-hybridized carbons (Fsp3) is 0.400. The number of carbonyl (C=O) groups is 1. The van der Waals surface area contributed by atoms with Crippen LogP contribution in [0.3, 0.4) is 0 Å². The Bertz CT molecular complexity index is 498. The summed E-state index contributed by atoms with van der Waals surface area (Å²) < 4.78 is 5.06. The molecule has 1 aromatic rings. The van der Waals surface area contributed by atoms with Crippen molar-refractivity contribution in [1.29, 1.82) is 0 Å². The zero-order valence-electron chi connectivity index (χ0n) is 11.5. The molecule has 0 aliphatic rings. The summed E-state index contributed by atoms with van der Waals surface area (Å²) >= 11 is 0. The van der Waals surface area contributed by atoms with Gasteiger partial charge >= 0.3 is 0 Å². The SMILES string of the molecule is COCC(C)(C)NC(=O)c1cccc(C#CCO)c1. The lowest BCUT2D eigenvalue weighted by Gasteiger charge is -2.25. The second-order valence-electron chi connectivity index (χ2n) is 4.81. The second-order valence-corrected chi connectivity index (χ2v) is 4.81. The first-order chi connectivity index (χ1) is 8.98. The number of nitrogens with one attached hydrogen (secondary N) is 1. The van der Waals surface area contributed by atoms with Crippen molar-refractivity contribution < 1.29 is 14.6 Å². The van der Waals surface area contributed by atoms with Crippen LogP contribution in [0.1, 0.15) is 29.8 Å². The van der Waals surface area contributed by atoms with Gasteiger partial charge in [0, 0.05) is 18.2 Å². The van der Waals surface area contributed by atoms with Crippen molar-refractivity contribution in [2.24, 2.45) is 0 Å². The highest BCUT2D eigenvalue weighted by molar-refractivity contribution is 5.95. The number of rotatable bonds is 4. The maximum Gasteiger partial charge on any atom is 0.251 e. The van der Waals surface area contributed by atoms with E-state index in [4.69, 9.17) is 9.84 Å². The number of hydrogen-bond donors (Lipinski definition) is 2. The van der Waals surface area contributed by atoms with E-state index < -0.39 is 5.54 Å². The minimum atomic E-state index is -0.432. The van der Waals surface area contributed by atoms with Gasteiger partial charge < -0.3 is 15.2 Å². The molecule has 19 heavy (non-hydrogen) atoms. The number of ether oxygens (including phenoxy) is 1. The molecule has 1 rings (SSSR count). The highest BCUT2D eigenvalue weighted by Crippen LogP contribution is 2.08. The zero-order chi connectivity index (χ0) is 14.3. The molecule has 0 unspecified atom stereocenters. The van der Waals surface area contributed by atoms with E-state index in [0.29, 0.717) is 17.7 Å². The van der Waals surface area contributed by atoms with Gasteiger partial charge in [0.1, 0.15) is 6.61 Å². The fourth-order valence-electron chi connectivity index (χ4n) is 1.66. The number of carbonyl (C=O) groups excluding carboxylic acids is 1. The third kappa shape index (κ3) is 5.12. The van der Waals surface area contributed by atoms with E-state index in [1.165, 1.54) is 0 Å². The predicted molar refractivity (Wildman–Crippen MR) is 73.8 cm³/mol. The van der Waals surface area contributed by atoms with Crippen LogP contribution in [0.25, 0.3) is 0 Å². The van der Waals surface area contributed by atoms with Crippen LogP contribution < -0.4 is 5.32 Å². The van der Waals surface area contributed by atoms with Gasteiger partial charge in [0.25, 0.3) is 5.91 Å². The quantitative estimate of drug-likeness (QED) is 0.800. The molecular formula is C15H19NO3. The molecule has 0 atom stereocenters. The van der Waals surface area contributed by atoms with Gasteiger partial charge in [-0.3, -0.25) is 4.79 Å². The van der Waals surface area contributed by atoms with Gasteiger partial charge in [0.05, 0.1) is 12.1 Å². The van der Waals surface area contributed by atoms with Crippen LogP contribution in [0.2, 0.25) is 0 Å². The minimum Gasteiger partial charge on any atom is -0.384 e. The molecule has 4 heteroatoms. The summed E-state index contributed by atoms with van der Waals surface area (Å²) in [5.41, 5.74) is 0.804. The fourth-order valence-corrected chi connectivity index (χ4v) is 1.66. The van der Waals surface area contributed by atoms with Gasteiger partial charge in [-0.25, -0.2) is 0 Å². The van der Waals surface area contributed by atoms with E-state index in [1.807, 2.05) is 13.8 Å². The molecule has 0 heterocycles. The van der Waals surface area contributed by atoms with Crippen molar-refractivity contribution in [2.75, 3.05) is 20.3 Å². The van der Waals surface area contributed by atoms with E-state index in [2.05, 4.69) is 17.2 Å². The van der Waals surface area contributed by atoms with Crippen LogP contribution in [-0.4, -0.2) is 36.9 Å². The summed E-state index contributed by atoms with van der Waals surface area (Å²) in [6.45, 7) is 4.02. The number of aliphatic hydroxyl groups is 1. The molecule has 0 aliphatic carbocycles. The Morgan fingerprint density at radius 3 is 2.84 bits per heavy atom. The minimum absolute atomic E-state index is 0.172. The highest BCUT2D eigenvalue weighted by Gasteiger charge is 2.20. The van der Waals surface area contributed by atoms with Crippen LogP contribution in [0.4, 0.5) is 0 Å². The largest absolute Gasteiger partial charge is 0.384 e. The van der Waals surface area contributed by atoms with Crippen LogP contribution in [0.15, 0.2) is 24.3 Å². The Morgan fingerprint density at radius 1 is 1.47 bits per heavy atom. The van der Waals surface area contributed by atoms with Gasteiger partial charge in [-0.15, -0.1) is 0 Å². The van der Waals surface area contributed by atoms with Crippen LogP contribution in [0.5, 0.6) is 0 Å². The van der Waals surface area contributed by atoms with E-state index in [1.54, 1.807) is 31.4 Å². The van der Waals surface area contributed by atoms with Crippen molar-refractivity contribution in [3.63, 3.8) is 0 Å². The lowest BCUT2D eigenvalue weighted by atomic mass is 10.1. The Hall–Kier alpha value is -1.83. The van der Waals surface area contributed by atoms with Crippen molar-refractivity contribution in [3.8, 4) is 11.8 Å². The summed E-state index contributed by atoms with van der Waals surface area (Å²) in [5.74, 6) is 5.15. The normalized spacial score (nSPS) is 10.5. The Morgan fingerprint density at radius 2 is 2.21 bits per heavy atom. The molecular weight excluding hydrogens is 242 g/mol. The summed E-state index contributed by atoms with van der Waals surface area (Å²) in [6.07, 6.45) is 0. The van der Waals surface area contributed by atoms with Gasteiger partial charge in [0.2, 0.25) is 0 Å². The van der Waals surface area contributed by atoms with Crippen molar-refractivity contribution in [1.82, 2.24) is 5.32 Å². The summed E-state index contributed by atoms with van der Waals surface area (Å²) in [7, 11) is 1.60. The molecule has 0 saturated carbocycles. The van der Waals surface area contributed by atoms with Gasteiger partial charge in [0.15, 0.2) is 0 Å². The number of aliphatic hydroxyl groups excluding tert-OH is 1. The van der Waals surface area contributed by atoms with E-state index in [-0.39, 0.29) is 12.5 Å². The van der Waals surface area contributed by atoms with E-state index in [0.717, 1.165) is 0 Å². The average Bonchev–Trinajstić information content (AvgIpc) is 2.36. The standard InChI is InChI=1S/C15H19NO3/c1-15(2,11-19-3)16-14(18)13-8-4-6-12(10-13)7-5-9-17/h4,6,8,10,17H,9,11H2,1-3H3,(H,16,18). The first-order valence-corrected chi connectivity index (χ1v) is 6.00. The summed E-state index contributed by atoms with van der Waals surface area (Å²) in [4.78, 5) is 12.1. The lowest BCUT2D eigenvalue weighted by Crippen LogP contribution is -2.46. The van der Waals surface area contributed by atoms with Crippen LogP contribution >= 0.6 is 0 Å². The zero-order valence-corrected chi connectivity index (χ0v) is 11.5. The molecule has 0 saturated heterocycles. The summed E-state index contributed by atoms with van der Waals surface area (Å²) in [6, 6.07) is 6.97. The smallest absolute Gasteiger partial charge is 0.251 e. The van der Waals surface area contributed by atoms with Gasteiger partial charge in [-0.05, 0) is 32.0 Å². The Balaban J connectivity index is 2.83. The van der Waals surface area contributed by atoms with Crippen molar-refractivity contribution in [3.05, 3.63) is 35.4 Å². The second kappa shape index (κ2) is 6.93. The average molecular weight is 261 g/mol. The molecule has 4 nitrogen and oxygen atoms in total.